The highest BCUT2D eigenvalue weighted by atomic mass is 16.3. The molecule has 26 heavy (non-hydrogen) atoms. The van der Waals surface area contributed by atoms with Crippen molar-refractivity contribution in [2.24, 2.45) is 7.05 Å². The van der Waals surface area contributed by atoms with E-state index in [0.29, 0.717) is 6.42 Å². The van der Waals surface area contributed by atoms with Crippen LogP contribution in [0.25, 0.3) is 32.9 Å². The molecule has 2 N–H and O–H groups in total. The SMILES string of the molecule is Cc1ccc2c(c1)c(CCCO)c(-c1c(O)ccc3ccccc13)n2C. The van der Waals surface area contributed by atoms with Gasteiger partial charge in [0.15, 0.2) is 0 Å². The Hall–Kier alpha value is -2.78. The summed E-state index contributed by atoms with van der Waals surface area (Å²) in [4.78, 5) is 0. The van der Waals surface area contributed by atoms with Crippen LogP contribution in [0.1, 0.15) is 17.5 Å². The molecule has 0 aliphatic heterocycles. The number of phenolic OH excluding ortho intramolecular Hbond substituents is 1. The largest absolute Gasteiger partial charge is 0.507 e. The standard InChI is InChI=1S/C23H23NO2/c1-15-9-11-20-19(14-15)18(8-5-13-25)23(24(20)2)22-17-7-4-3-6-16(17)10-12-21(22)26/h3-4,6-7,9-12,14,25-26H,5,8,13H2,1-2H3. The summed E-state index contributed by atoms with van der Waals surface area (Å²) in [5.74, 6) is 0.288. The summed E-state index contributed by atoms with van der Waals surface area (Å²) in [6.45, 7) is 2.25. The Morgan fingerprint density at radius 1 is 0.962 bits per heavy atom. The first kappa shape index (κ1) is 16.7. The number of aryl methyl sites for hydroxylation is 3. The van der Waals surface area contributed by atoms with Gasteiger partial charge in [0.25, 0.3) is 0 Å². The van der Waals surface area contributed by atoms with Crippen molar-refractivity contribution in [3.05, 3.63) is 65.7 Å². The molecular formula is C23H23NO2. The van der Waals surface area contributed by atoms with Crippen LogP contribution < -0.4 is 0 Å². The zero-order chi connectivity index (χ0) is 18.3. The van der Waals surface area contributed by atoms with Gasteiger partial charge < -0.3 is 14.8 Å². The first-order valence-corrected chi connectivity index (χ1v) is 9.01. The Bertz CT molecular complexity index is 1110. The van der Waals surface area contributed by atoms with Crippen LogP contribution in [-0.2, 0) is 13.5 Å². The summed E-state index contributed by atoms with van der Waals surface area (Å²) in [6.07, 6.45) is 1.47. The molecule has 0 spiro atoms. The molecule has 0 amide bonds. The lowest BCUT2D eigenvalue weighted by Crippen LogP contribution is -1.97. The van der Waals surface area contributed by atoms with E-state index in [-0.39, 0.29) is 12.4 Å². The topological polar surface area (TPSA) is 45.4 Å². The number of aromatic hydroxyl groups is 1. The van der Waals surface area contributed by atoms with E-state index in [1.165, 1.54) is 16.5 Å². The van der Waals surface area contributed by atoms with E-state index in [4.69, 9.17) is 0 Å². The van der Waals surface area contributed by atoms with Crippen molar-refractivity contribution in [3.8, 4) is 17.0 Å². The predicted octanol–water partition coefficient (Wildman–Crippen LogP) is 4.94. The van der Waals surface area contributed by atoms with Crippen LogP contribution in [-0.4, -0.2) is 21.4 Å². The van der Waals surface area contributed by atoms with Gasteiger partial charge in [-0.1, -0.05) is 42.0 Å². The highest BCUT2D eigenvalue weighted by Crippen LogP contribution is 2.42. The molecule has 4 rings (SSSR count). The lowest BCUT2D eigenvalue weighted by molar-refractivity contribution is 0.289. The van der Waals surface area contributed by atoms with E-state index in [1.807, 2.05) is 18.2 Å². The summed E-state index contributed by atoms with van der Waals surface area (Å²) in [6, 6.07) is 18.3. The van der Waals surface area contributed by atoms with Crippen LogP contribution in [0.3, 0.4) is 0 Å². The van der Waals surface area contributed by atoms with Gasteiger partial charge in [0, 0.05) is 30.1 Å². The number of hydrogen-bond donors (Lipinski definition) is 2. The lowest BCUT2D eigenvalue weighted by atomic mass is 9.95. The van der Waals surface area contributed by atoms with Crippen molar-refractivity contribution in [2.75, 3.05) is 6.61 Å². The number of phenols is 1. The number of hydrogen-bond acceptors (Lipinski definition) is 2. The highest BCUT2D eigenvalue weighted by Gasteiger charge is 2.20. The Kier molecular flexibility index (Phi) is 4.17. The van der Waals surface area contributed by atoms with Crippen molar-refractivity contribution >= 4 is 21.7 Å². The molecule has 0 saturated carbocycles. The molecule has 0 saturated heterocycles. The average molecular weight is 345 g/mol. The summed E-state index contributed by atoms with van der Waals surface area (Å²) < 4.78 is 2.17. The minimum atomic E-state index is 0.156. The van der Waals surface area contributed by atoms with Crippen LogP contribution in [0.2, 0.25) is 0 Å². The Balaban J connectivity index is 2.12. The Morgan fingerprint density at radius 2 is 1.77 bits per heavy atom. The molecule has 0 aliphatic carbocycles. The molecule has 0 bridgehead atoms. The fourth-order valence-electron chi connectivity index (χ4n) is 3.97. The molecule has 0 fully saturated rings. The molecule has 0 radical (unpaired) electrons. The van der Waals surface area contributed by atoms with Gasteiger partial charge in [-0.3, -0.25) is 0 Å². The molecule has 3 heteroatoms. The van der Waals surface area contributed by atoms with Gasteiger partial charge in [-0.05, 0) is 54.3 Å². The number of benzene rings is 3. The Labute approximate surface area is 153 Å². The maximum atomic E-state index is 10.8. The number of rotatable bonds is 4. The summed E-state index contributed by atoms with van der Waals surface area (Å²) in [5, 5.41) is 23.5. The van der Waals surface area contributed by atoms with Gasteiger partial charge in [-0.15, -0.1) is 0 Å². The summed E-state index contributed by atoms with van der Waals surface area (Å²) >= 11 is 0. The molecule has 1 aromatic heterocycles. The van der Waals surface area contributed by atoms with Crippen LogP contribution >= 0.6 is 0 Å². The fraction of sp³-hybridized carbons (Fsp3) is 0.217. The molecule has 3 nitrogen and oxygen atoms in total. The molecule has 4 aromatic rings. The van der Waals surface area contributed by atoms with Crippen molar-refractivity contribution in [2.45, 2.75) is 19.8 Å². The second kappa shape index (κ2) is 6.50. The van der Waals surface area contributed by atoms with Crippen LogP contribution in [0.5, 0.6) is 5.75 Å². The van der Waals surface area contributed by atoms with E-state index in [2.05, 4.69) is 48.9 Å². The quantitative estimate of drug-likeness (QED) is 0.550. The zero-order valence-electron chi connectivity index (χ0n) is 15.2. The number of aliphatic hydroxyl groups is 1. The molecule has 0 unspecified atom stereocenters. The molecule has 0 atom stereocenters. The maximum Gasteiger partial charge on any atom is 0.125 e. The minimum Gasteiger partial charge on any atom is -0.507 e. The van der Waals surface area contributed by atoms with E-state index in [9.17, 15) is 10.2 Å². The number of aromatic nitrogens is 1. The van der Waals surface area contributed by atoms with Gasteiger partial charge in [-0.25, -0.2) is 0 Å². The average Bonchev–Trinajstić information content (AvgIpc) is 2.91. The number of aliphatic hydroxyl groups excluding tert-OH is 1. The van der Waals surface area contributed by atoms with E-state index < -0.39 is 0 Å². The fourth-order valence-corrected chi connectivity index (χ4v) is 3.97. The lowest BCUT2D eigenvalue weighted by Gasteiger charge is -2.13. The van der Waals surface area contributed by atoms with Crippen LogP contribution in [0.4, 0.5) is 0 Å². The highest BCUT2D eigenvalue weighted by molar-refractivity contribution is 6.03. The van der Waals surface area contributed by atoms with Crippen molar-refractivity contribution in [3.63, 3.8) is 0 Å². The van der Waals surface area contributed by atoms with E-state index in [0.717, 1.165) is 34.0 Å². The minimum absolute atomic E-state index is 0.156. The van der Waals surface area contributed by atoms with Crippen LogP contribution in [0, 0.1) is 6.92 Å². The van der Waals surface area contributed by atoms with E-state index in [1.54, 1.807) is 6.07 Å². The third-order valence-electron chi connectivity index (χ3n) is 5.19. The van der Waals surface area contributed by atoms with Gasteiger partial charge in [-0.2, -0.15) is 0 Å². The van der Waals surface area contributed by atoms with Gasteiger partial charge in [0.1, 0.15) is 5.75 Å². The van der Waals surface area contributed by atoms with Gasteiger partial charge >= 0.3 is 0 Å². The zero-order valence-corrected chi connectivity index (χ0v) is 15.2. The second-order valence-corrected chi connectivity index (χ2v) is 6.91. The maximum absolute atomic E-state index is 10.8. The summed E-state index contributed by atoms with van der Waals surface area (Å²) in [7, 11) is 2.05. The first-order chi connectivity index (χ1) is 12.6. The molecule has 132 valence electrons. The van der Waals surface area contributed by atoms with E-state index >= 15 is 0 Å². The van der Waals surface area contributed by atoms with Gasteiger partial charge in [0.2, 0.25) is 0 Å². The molecule has 3 aromatic carbocycles. The summed E-state index contributed by atoms with van der Waals surface area (Å²) in [5.41, 5.74) is 5.44. The predicted molar refractivity (Wildman–Crippen MR) is 108 cm³/mol. The van der Waals surface area contributed by atoms with Crippen molar-refractivity contribution < 1.29 is 10.2 Å². The Morgan fingerprint density at radius 3 is 2.58 bits per heavy atom. The third kappa shape index (κ3) is 2.56. The van der Waals surface area contributed by atoms with Crippen LogP contribution in [0.15, 0.2) is 54.6 Å². The normalized spacial score (nSPS) is 11.5. The molecule has 0 aliphatic rings. The number of nitrogens with zero attached hydrogens (tertiary/aromatic N) is 1. The molecule has 1 heterocycles. The first-order valence-electron chi connectivity index (χ1n) is 9.01. The smallest absolute Gasteiger partial charge is 0.125 e. The number of fused-ring (bicyclic) bond motifs is 2. The van der Waals surface area contributed by atoms with Crippen molar-refractivity contribution in [1.82, 2.24) is 4.57 Å². The third-order valence-corrected chi connectivity index (χ3v) is 5.19. The van der Waals surface area contributed by atoms with Crippen molar-refractivity contribution in [1.29, 1.82) is 0 Å². The molecular weight excluding hydrogens is 322 g/mol. The second-order valence-electron chi connectivity index (χ2n) is 6.91. The van der Waals surface area contributed by atoms with Gasteiger partial charge in [0.05, 0.1) is 5.69 Å². The monoisotopic (exact) mass is 345 g/mol.